The summed E-state index contributed by atoms with van der Waals surface area (Å²) in [6.45, 7) is 5.98. The van der Waals surface area contributed by atoms with Gasteiger partial charge >= 0.3 is 0 Å². The van der Waals surface area contributed by atoms with E-state index in [1.165, 1.54) is 0 Å². The van der Waals surface area contributed by atoms with Crippen LogP contribution in [0.2, 0.25) is 0 Å². The van der Waals surface area contributed by atoms with E-state index in [9.17, 15) is 9.90 Å². The van der Waals surface area contributed by atoms with Crippen molar-refractivity contribution in [2.24, 2.45) is 5.73 Å². The highest BCUT2D eigenvalue weighted by atomic mass is 35.5. The third kappa shape index (κ3) is 6.33. The Kier molecular flexibility index (Phi) is 8.58. The minimum Gasteiger partial charge on any atom is -0.491 e. The van der Waals surface area contributed by atoms with Crippen molar-refractivity contribution < 1.29 is 14.6 Å². The second kappa shape index (κ2) is 10.2. The van der Waals surface area contributed by atoms with E-state index in [0.29, 0.717) is 5.56 Å². The van der Waals surface area contributed by atoms with Crippen LogP contribution in [0.25, 0.3) is 0 Å². The molecule has 0 fully saturated rings. The molecular weight excluding hydrogens is 352 g/mol. The van der Waals surface area contributed by atoms with Gasteiger partial charge < -0.3 is 20.9 Å². The summed E-state index contributed by atoms with van der Waals surface area (Å²) in [5.41, 5.74) is 8.53. The molecule has 4 N–H and O–H groups in total. The molecule has 142 valence electrons. The van der Waals surface area contributed by atoms with Crippen molar-refractivity contribution in [1.82, 2.24) is 5.32 Å². The summed E-state index contributed by atoms with van der Waals surface area (Å²) in [5.74, 6) is 0.430. The number of hydrogen-bond donors (Lipinski definition) is 3. The average molecular weight is 379 g/mol. The fourth-order valence-electron chi connectivity index (χ4n) is 2.39. The Labute approximate surface area is 161 Å². The van der Waals surface area contributed by atoms with E-state index in [1.54, 1.807) is 24.3 Å². The first-order chi connectivity index (χ1) is 11.9. The van der Waals surface area contributed by atoms with Gasteiger partial charge in [-0.3, -0.25) is 4.79 Å². The number of nitrogens with one attached hydrogen (secondary N) is 1. The number of aliphatic hydroxyl groups is 1. The fraction of sp³-hybridized carbons (Fsp3) is 0.350. The Hall–Kier alpha value is -2.08. The molecule has 0 heterocycles. The van der Waals surface area contributed by atoms with E-state index in [1.807, 2.05) is 45.0 Å². The van der Waals surface area contributed by atoms with Gasteiger partial charge in [0.15, 0.2) is 0 Å². The Morgan fingerprint density at radius 3 is 2.15 bits per heavy atom. The number of carbonyl (C=O) groups excluding carboxylic acids is 1. The van der Waals surface area contributed by atoms with Crippen LogP contribution in [0.3, 0.4) is 0 Å². The molecule has 0 saturated heterocycles. The van der Waals surface area contributed by atoms with Crippen LogP contribution in [-0.2, 0) is 4.79 Å². The van der Waals surface area contributed by atoms with Crippen LogP contribution in [0, 0.1) is 6.92 Å². The molecule has 2 atom stereocenters. The molecule has 0 aliphatic carbocycles. The molecule has 0 aliphatic heterocycles. The van der Waals surface area contributed by atoms with Crippen molar-refractivity contribution in [2.45, 2.75) is 39.0 Å². The van der Waals surface area contributed by atoms with Crippen LogP contribution in [0.1, 0.15) is 42.7 Å². The lowest BCUT2D eigenvalue weighted by molar-refractivity contribution is -0.122. The summed E-state index contributed by atoms with van der Waals surface area (Å²) in [6.07, 6.45) is -0.708. The van der Waals surface area contributed by atoms with E-state index in [4.69, 9.17) is 10.5 Å². The Bertz CT molecular complexity index is 687. The number of carbonyl (C=O) groups is 1. The van der Waals surface area contributed by atoms with Gasteiger partial charge in [0, 0.05) is 6.54 Å². The topological polar surface area (TPSA) is 84.6 Å². The van der Waals surface area contributed by atoms with Crippen molar-refractivity contribution in [2.75, 3.05) is 6.54 Å². The van der Waals surface area contributed by atoms with Crippen molar-refractivity contribution >= 4 is 18.3 Å². The number of hydrogen-bond acceptors (Lipinski definition) is 4. The maximum absolute atomic E-state index is 12.2. The van der Waals surface area contributed by atoms with Gasteiger partial charge in [-0.15, -0.1) is 12.4 Å². The molecule has 26 heavy (non-hydrogen) atoms. The molecule has 1 amide bonds. The number of aryl methyl sites for hydroxylation is 1. The Morgan fingerprint density at radius 2 is 1.62 bits per heavy atom. The molecule has 2 unspecified atom stereocenters. The van der Waals surface area contributed by atoms with Gasteiger partial charge in [0.05, 0.1) is 12.2 Å². The van der Waals surface area contributed by atoms with E-state index in [0.717, 1.165) is 16.9 Å². The smallest absolute Gasteiger partial charge is 0.241 e. The van der Waals surface area contributed by atoms with Gasteiger partial charge in [-0.25, -0.2) is 0 Å². The third-order valence-corrected chi connectivity index (χ3v) is 3.83. The Balaban J connectivity index is 0.00000338. The highest BCUT2D eigenvalue weighted by Crippen LogP contribution is 2.19. The summed E-state index contributed by atoms with van der Waals surface area (Å²) in [7, 11) is 0. The molecule has 5 nitrogen and oxygen atoms in total. The molecule has 0 radical (unpaired) electrons. The van der Waals surface area contributed by atoms with Crippen molar-refractivity contribution in [3.63, 3.8) is 0 Å². The maximum Gasteiger partial charge on any atom is 0.241 e. The van der Waals surface area contributed by atoms with Crippen molar-refractivity contribution in [3.05, 3.63) is 65.2 Å². The maximum atomic E-state index is 12.2. The van der Waals surface area contributed by atoms with Crippen LogP contribution in [-0.4, -0.2) is 23.7 Å². The first kappa shape index (κ1) is 22.0. The molecule has 0 spiro atoms. The monoisotopic (exact) mass is 378 g/mol. The summed E-state index contributed by atoms with van der Waals surface area (Å²) in [6, 6.07) is 13.9. The van der Waals surface area contributed by atoms with Crippen LogP contribution in [0.4, 0.5) is 0 Å². The molecule has 0 bridgehead atoms. The second-order valence-corrected chi connectivity index (χ2v) is 6.38. The van der Waals surface area contributed by atoms with Crippen LogP contribution in [0.15, 0.2) is 48.5 Å². The molecule has 2 aromatic carbocycles. The van der Waals surface area contributed by atoms with Gasteiger partial charge in [0.2, 0.25) is 5.91 Å². The van der Waals surface area contributed by atoms with Crippen LogP contribution >= 0.6 is 12.4 Å². The lowest BCUT2D eigenvalue weighted by Gasteiger charge is -2.16. The molecule has 2 rings (SSSR count). The normalized spacial score (nSPS) is 12.8. The lowest BCUT2D eigenvalue weighted by Crippen LogP contribution is -2.36. The van der Waals surface area contributed by atoms with Gasteiger partial charge in [0.1, 0.15) is 11.8 Å². The number of amides is 1. The minimum atomic E-state index is -0.803. The van der Waals surface area contributed by atoms with E-state index < -0.39 is 12.1 Å². The predicted molar refractivity (Wildman–Crippen MR) is 106 cm³/mol. The number of aliphatic hydroxyl groups excluding tert-OH is 1. The average Bonchev–Trinajstić information content (AvgIpc) is 2.59. The molecule has 2 aromatic rings. The highest BCUT2D eigenvalue weighted by Gasteiger charge is 2.17. The number of halogens is 1. The zero-order chi connectivity index (χ0) is 18.4. The largest absolute Gasteiger partial charge is 0.491 e. The van der Waals surface area contributed by atoms with E-state index in [-0.39, 0.29) is 31.0 Å². The van der Waals surface area contributed by atoms with Crippen LogP contribution in [0.5, 0.6) is 5.75 Å². The highest BCUT2D eigenvalue weighted by molar-refractivity contribution is 5.85. The van der Waals surface area contributed by atoms with Crippen LogP contribution < -0.4 is 15.8 Å². The van der Waals surface area contributed by atoms with Gasteiger partial charge in [-0.2, -0.15) is 0 Å². The zero-order valence-electron chi connectivity index (χ0n) is 15.3. The molecule has 0 aromatic heterocycles. The van der Waals surface area contributed by atoms with Crippen molar-refractivity contribution in [1.29, 1.82) is 0 Å². The molecular formula is C20H27ClN2O3. The minimum absolute atomic E-state index is 0. The first-order valence-corrected chi connectivity index (χ1v) is 8.41. The second-order valence-electron chi connectivity index (χ2n) is 6.38. The van der Waals surface area contributed by atoms with E-state index >= 15 is 0 Å². The van der Waals surface area contributed by atoms with E-state index in [2.05, 4.69) is 5.32 Å². The standard InChI is InChI=1S/C20H26N2O3.ClH/c1-13(2)25-17-10-8-15(9-11-17)18(23)12-22-20(24)19(21)16-6-4-14(3)5-7-16;/h4-11,13,18-19,23H,12,21H2,1-3H3,(H,22,24);1H. The van der Waals surface area contributed by atoms with Crippen molar-refractivity contribution in [3.8, 4) is 5.75 Å². The summed E-state index contributed by atoms with van der Waals surface area (Å²) in [5, 5.41) is 12.9. The molecule has 0 saturated carbocycles. The summed E-state index contributed by atoms with van der Waals surface area (Å²) < 4.78 is 5.57. The number of benzene rings is 2. The first-order valence-electron chi connectivity index (χ1n) is 8.41. The Morgan fingerprint density at radius 1 is 1.08 bits per heavy atom. The zero-order valence-corrected chi connectivity index (χ0v) is 16.1. The predicted octanol–water partition coefficient (Wildman–Crippen LogP) is 3.05. The fourth-order valence-corrected chi connectivity index (χ4v) is 2.39. The van der Waals surface area contributed by atoms with Gasteiger partial charge in [-0.05, 0) is 44.0 Å². The van der Waals surface area contributed by atoms with Gasteiger partial charge in [0.25, 0.3) is 0 Å². The number of rotatable bonds is 7. The number of nitrogens with two attached hydrogens (primary N) is 1. The van der Waals surface area contributed by atoms with Gasteiger partial charge in [-0.1, -0.05) is 42.0 Å². The SMILES string of the molecule is Cc1ccc(C(N)C(=O)NCC(O)c2ccc(OC(C)C)cc2)cc1.Cl. The molecule has 6 heteroatoms. The molecule has 0 aliphatic rings. The summed E-state index contributed by atoms with van der Waals surface area (Å²) >= 11 is 0. The quantitative estimate of drug-likeness (QED) is 0.691. The number of ether oxygens (including phenoxy) is 1. The third-order valence-electron chi connectivity index (χ3n) is 3.83. The lowest BCUT2D eigenvalue weighted by atomic mass is 10.0. The summed E-state index contributed by atoms with van der Waals surface area (Å²) in [4.78, 5) is 12.2.